The van der Waals surface area contributed by atoms with Crippen LogP contribution in [0.2, 0.25) is 0 Å². The Labute approximate surface area is 96.0 Å². The summed E-state index contributed by atoms with van der Waals surface area (Å²) in [4.78, 5) is 6.40. The zero-order valence-electron chi connectivity index (χ0n) is 9.45. The number of nitrogens with one attached hydrogen (secondary N) is 2. The number of aromatic nitrogens is 1. The van der Waals surface area contributed by atoms with Gasteiger partial charge < -0.3 is 16.4 Å². The molecule has 5 nitrogen and oxygen atoms in total. The number of hydrogen-bond acceptors (Lipinski definition) is 5. The third-order valence-electron chi connectivity index (χ3n) is 2.80. The van der Waals surface area contributed by atoms with Gasteiger partial charge >= 0.3 is 0 Å². The van der Waals surface area contributed by atoms with E-state index in [0.717, 1.165) is 45.0 Å². The highest BCUT2D eigenvalue weighted by molar-refractivity contribution is 5.64. The summed E-state index contributed by atoms with van der Waals surface area (Å²) in [5.74, 6) is 0. The molecule has 0 bridgehead atoms. The van der Waals surface area contributed by atoms with Gasteiger partial charge in [0.25, 0.3) is 0 Å². The quantitative estimate of drug-likeness (QED) is 0.667. The highest BCUT2D eigenvalue weighted by Crippen LogP contribution is 2.14. The van der Waals surface area contributed by atoms with Gasteiger partial charge in [0.2, 0.25) is 0 Å². The van der Waals surface area contributed by atoms with Gasteiger partial charge in [-0.3, -0.25) is 9.88 Å². The van der Waals surface area contributed by atoms with Crippen molar-refractivity contribution < 1.29 is 0 Å². The topological polar surface area (TPSA) is 66.2 Å². The molecule has 1 saturated heterocycles. The molecule has 0 unspecified atom stereocenters. The zero-order chi connectivity index (χ0) is 11.2. The molecule has 4 N–H and O–H groups in total. The van der Waals surface area contributed by atoms with Crippen LogP contribution in [-0.2, 0) is 0 Å². The first-order valence-corrected chi connectivity index (χ1v) is 5.73. The Balaban J connectivity index is 1.73. The highest BCUT2D eigenvalue weighted by atomic mass is 15.2. The van der Waals surface area contributed by atoms with E-state index in [1.165, 1.54) is 0 Å². The number of nitrogen functional groups attached to an aromatic ring is 1. The van der Waals surface area contributed by atoms with Gasteiger partial charge in [-0.25, -0.2) is 0 Å². The summed E-state index contributed by atoms with van der Waals surface area (Å²) >= 11 is 0. The van der Waals surface area contributed by atoms with E-state index >= 15 is 0 Å². The Morgan fingerprint density at radius 3 is 3.00 bits per heavy atom. The lowest BCUT2D eigenvalue weighted by molar-refractivity contribution is 0.249. The van der Waals surface area contributed by atoms with Crippen molar-refractivity contribution >= 4 is 11.4 Å². The molecule has 0 atom stereocenters. The summed E-state index contributed by atoms with van der Waals surface area (Å²) in [5, 5.41) is 6.67. The fourth-order valence-corrected chi connectivity index (χ4v) is 1.85. The molecule has 1 fully saturated rings. The SMILES string of the molecule is Nc1cnccc1NCCN1CCNCC1. The van der Waals surface area contributed by atoms with Gasteiger partial charge in [0.05, 0.1) is 17.6 Å². The van der Waals surface area contributed by atoms with E-state index < -0.39 is 0 Å². The number of anilines is 2. The Kier molecular flexibility index (Phi) is 3.96. The van der Waals surface area contributed by atoms with Crippen molar-refractivity contribution in [3.05, 3.63) is 18.5 Å². The molecule has 0 saturated carbocycles. The van der Waals surface area contributed by atoms with Gasteiger partial charge in [-0.05, 0) is 6.07 Å². The fourth-order valence-electron chi connectivity index (χ4n) is 1.85. The average Bonchev–Trinajstić information content (AvgIpc) is 2.33. The summed E-state index contributed by atoms with van der Waals surface area (Å²) in [6.07, 6.45) is 3.43. The molecule has 2 heterocycles. The number of nitrogens with two attached hydrogens (primary N) is 1. The molecule has 16 heavy (non-hydrogen) atoms. The lowest BCUT2D eigenvalue weighted by Gasteiger charge is -2.27. The van der Waals surface area contributed by atoms with Crippen LogP contribution in [0.4, 0.5) is 11.4 Å². The van der Waals surface area contributed by atoms with Crippen LogP contribution in [0.5, 0.6) is 0 Å². The molecule has 0 spiro atoms. The predicted molar refractivity (Wildman–Crippen MR) is 66.4 cm³/mol. The van der Waals surface area contributed by atoms with Crippen LogP contribution in [-0.4, -0.2) is 49.2 Å². The van der Waals surface area contributed by atoms with Crippen LogP contribution >= 0.6 is 0 Å². The monoisotopic (exact) mass is 221 g/mol. The van der Waals surface area contributed by atoms with Crippen molar-refractivity contribution in [1.29, 1.82) is 0 Å². The van der Waals surface area contributed by atoms with Crippen LogP contribution in [0, 0.1) is 0 Å². The molecule has 0 aromatic carbocycles. The van der Waals surface area contributed by atoms with Gasteiger partial charge in [-0.2, -0.15) is 0 Å². The lowest BCUT2D eigenvalue weighted by Crippen LogP contribution is -2.45. The standard InChI is InChI=1S/C11H19N5/c12-10-9-14-2-1-11(10)15-5-8-16-6-3-13-4-7-16/h1-2,9,13H,3-8,12H2,(H,14,15). The van der Waals surface area contributed by atoms with Crippen molar-refractivity contribution in [2.45, 2.75) is 0 Å². The van der Waals surface area contributed by atoms with Gasteiger partial charge in [0.1, 0.15) is 0 Å². The number of hydrogen-bond donors (Lipinski definition) is 3. The van der Waals surface area contributed by atoms with Gasteiger partial charge in [0.15, 0.2) is 0 Å². The Hall–Kier alpha value is -1.33. The average molecular weight is 221 g/mol. The second-order valence-corrected chi connectivity index (χ2v) is 3.98. The number of pyridine rings is 1. The van der Waals surface area contributed by atoms with Gasteiger partial charge in [0, 0.05) is 45.5 Å². The normalized spacial score (nSPS) is 17.2. The molecule has 5 heteroatoms. The molecular formula is C11H19N5. The van der Waals surface area contributed by atoms with E-state index in [-0.39, 0.29) is 0 Å². The maximum atomic E-state index is 5.79. The Morgan fingerprint density at radius 1 is 1.44 bits per heavy atom. The summed E-state index contributed by atoms with van der Waals surface area (Å²) in [5.41, 5.74) is 7.48. The minimum Gasteiger partial charge on any atom is -0.396 e. The molecular weight excluding hydrogens is 202 g/mol. The summed E-state index contributed by atoms with van der Waals surface area (Å²) in [6.45, 7) is 6.44. The van der Waals surface area contributed by atoms with Gasteiger partial charge in [-0.1, -0.05) is 0 Å². The van der Waals surface area contributed by atoms with E-state index in [1.54, 1.807) is 12.4 Å². The first kappa shape index (κ1) is 11.2. The number of nitrogens with zero attached hydrogens (tertiary/aromatic N) is 2. The van der Waals surface area contributed by atoms with E-state index in [1.807, 2.05) is 6.07 Å². The van der Waals surface area contributed by atoms with E-state index in [2.05, 4.69) is 20.5 Å². The number of piperazine rings is 1. The molecule has 1 aromatic heterocycles. The van der Waals surface area contributed by atoms with Crippen LogP contribution in [0.3, 0.4) is 0 Å². The van der Waals surface area contributed by atoms with Crippen LogP contribution in [0.25, 0.3) is 0 Å². The van der Waals surface area contributed by atoms with Crippen LogP contribution in [0.15, 0.2) is 18.5 Å². The van der Waals surface area contributed by atoms with E-state index in [4.69, 9.17) is 5.73 Å². The van der Waals surface area contributed by atoms with Crippen molar-refractivity contribution in [1.82, 2.24) is 15.2 Å². The first-order chi connectivity index (χ1) is 7.86. The van der Waals surface area contributed by atoms with Crippen LogP contribution in [0.1, 0.15) is 0 Å². The van der Waals surface area contributed by atoms with Crippen molar-refractivity contribution in [2.75, 3.05) is 50.3 Å². The molecule has 88 valence electrons. The maximum Gasteiger partial charge on any atom is 0.0736 e. The third kappa shape index (κ3) is 3.08. The minimum atomic E-state index is 0.711. The molecule has 2 rings (SSSR count). The molecule has 1 aromatic rings. The van der Waals surface area contributed by atoms with Crippen LogP contribution < -0.4 is 16.4 Å². The zero-order valence-corrected chi connectivity index (χ0v) is 9.45. The largest absolute Gasteiger partial charge is 0.396 e. The molecule has 0 aliphatic carbocycles. The Bertz CT molecular complexity index is 322. The molecule has 0 radical (unpaired) electrons. The second kappa shape index (κ2) is 5.67. The minimum absolute atomic E-state index is 0.711. The Morgan fingerprint density at radius 2 is 2.25 bits per heavy atom. The number of rotatable bonds is 4. The molecule has 1 aliphatic rings. The predicted octanol–water partition coefficient (Wildman–Crippen LogP) is -0.0191. The van der Waals surface area contributed by atoms with Crippen molar-refractivity contribution in [2.24, 2.45) is 0 Å². The van der Waals surface area contributed by atoms with Crippen molar-refractivity contribution in [3.8, 4) is 0 Å². The maximum absolute atomic E-state index is 5.79. The summed E-state index contributed by atoms with van der Waals surface area (Å²) in [7, 11) is 0. The second-order valence-electron chi connectivity index (χ2n) is 3.98. The highest BCUT2D eigenvalue weighted by Gasteiger charge is 2.08. The van der Waals surface area contributed by atoms with Gasteiger partial charge in [-0.15, -0.1) is 0 Å². The summed E-state index contributed by atoms with van der Waals surface area (Å²) < 4.78 is 0. The third-order valence-corrected chi connectivity index (χ3v) is 2.80. The molecule has 0 amide bonds. The van der Waals surface area contributed by atoms with Crippen molar-refractivity contribution in [3.63, 3.8) is 0 Å². The van der Waals surface area contributed by atoms with E-state index in [9.17, 15) is 0 Å². The molecule has 1 aliphatic heterocycles. The van der Waals surface area contributed by atoms with E-state index in [0.29, 0.717) is 5.69 Å². The first-order valence-electron chi connectivity index (χ1n) is 5.73. The summed E-state index contributed by atoms with van der Waals surface area (Å²) in [6, 6.07) is 1.91. The smallest absolute Gasteiger partial charge is 0.0736 e. The fraction of sp³-hybridized carbons (Fsp3) is 0.545. The lowest BCUT2D eigenvalue weighted by atomic mass is 10.3.